The third-order valence-corrected chi connectivity index (χ3v) is 7.01. The van der Waals surface area contributed by atoms with Crippen molar-refractivity contribution in [1.29, 1.82) is 0 Å². The summed E-state index contributed by atoms with van der Waals surface area (Å²) in [7, 11) is -4.37. The molecule has 0 saturated carbocycles. The fourth-order valence-corrected chi connectivity index (χ4v) is 5.28. The smallest absolute Gasteiger partial charge is 0.335 e. The Hall–Kier alpha value is -1.75. The fraction of sp³-hybridized carbons (Fsp3) is 0.562. The molecular formula is C16H17F5N2O3S. The van der Waals surface area contributed by atoms with E-state index in [0.29, 0.717) is 6.07 Å². The van der Waals surface area contributed by atoms with Crippen LogP contribution in [0.2, 0.25) is 0 Å². The lowest BCUT2D eigenvalue weighted by Gasteiger charge is -2.20. The highest BCUT2D eigenvalue weighted by molar-refractivity contribution is 7.92. The number of halogens is 5. The Labute approximate surface area is 152 Å². The van der Waals surface area contributed by atoms with E-state index >= 15 is 0 Å². The van der Waals surface area contributed by atoms with Crippen LogP contribution in [0, 0.1) is 0 Å². The summed E-state index contributed by atoms with van der Waals surface area (Å²) in [5.74, 6) is -3.64. The topological polar surface area (TPSA) is 66.5 Å². The van der Waals surface area contributed by atoms with Gasteiger partial charge in [-0.25, -0.2) is 17.2 Å². The van der Waals surface area contributed by atoms with Gasteiger partial charge in [0.25, 0.3) is 5.92 Å². The van der Waals surface area contributed by atoms with E-state index in [2.05, 4.69) is 5.32 Å². The van der Waals surface area contributed by atoms with Crippen molar-refractivity contribution in [3.05, 3.63) is 29.8 Å². The molecule has 2 atom stereocenters. The average molecular weight is 412 g/mol. The molecule has 2 saturated heterocycles. The fourth-order valence-electron chi connectivity index (χ4n) is 3.40. The Balaban J connectivity index is 1.78. The van der Waals surface area contributed by atoms with Gasteiger partial charge in [-0.2, -0.15) is 13.2 Å². The summed E-state index contributed by atoms with van der Waals surface area (Å²) in [6, 6.07) is 2.84. The molecular weight excluding hydrogens is 395 g/mol. The lowest BCUT2D eigenvalue weighted by Crippen LogP contribution is -2.43. The van der Waals surface area contributed by atoms with Gasteiger partial charge in [0.05, 0.1) is 28.3 Å². The molecule has 2 aliphatic rings. The Morgan fingerprint density at radius 1 is 1.22 bits per heavy atom. The largest absolute Gasteiger partial charge is 0.417 e. The first-order valence-electron chi connectivity index (χ1n) is 8.22. The van der Waals surface area contributed by atoms with Crippen LogP contribution in [-0.2, 0) is 20.8 Å². The molecule has 1 aromatic rings. The number of hydrogen-bond acceptors (Lipinski definition) is 4. The van der Waals surface area contributed by atoms with E-state index < -0.39 is 62.6 Å². The quantitative estimate of drug-likeness (QED) is 0.773. The van der Waals surface area contributed by atoms with E-state index in [1.807, 2.05) is 0 Å². The van der Waals surface area contributed by atoms with E-state index in [1.165, 1.54) is 6.07 Å². The zero-order valence-electron chi connectivity index (χ0n) is 14.0. The van der Waals surface area contributed by atoms with E-state index in [1.54, 1.807) is 0 Å². The number of carbonyl (C=O) groups excluding carboxylic acids is 1. The Morgan fingerprint density at radius 3 is 2.48 bits per heavy atom. The summed E-state index contributed by atoms with van der Waals surface area (Å²) in [5.41, 5.74) is -1.26. The number of carbonyl (C=O) groups is 1. The van der Waals surface area contributed by atoms with Crippen LogP contribution < -0.4 is 5.32 Å². The number of sulfone groups is 1. The van der Waals surface area contributed by atoms with Gasteiger partial charge in [-0.15, -0.1) is 0 Å². The van der Waals surface area contributed by atoms with Crippen molar-refractivity contribution in [3.63, 3.8) is 0 Å². The SMILES string of the molecule is O=C([C@@H]1C[C@H](S(=O)(=O)c2ccccc2C(F)(F)F)CN1)N1CCC(F)(F)C1. The highest BCUT2D eigenvalue weighted by Crippen LogP contribution is 2.36. The lowest BCUT2D eigenvalue weighted by molar-refractivity contribution is -0.140. The third kappa shape index (κ3) is 3.93. The second-order valence-corrected chi connectivity index (χ2v) is 8.92. The number of alkyl halides is 5. The van der Waals surface area contributed by atoms with E-state index in [9.17, 15) is 35.2 Å². The first-order valence-corrected chi connectivity index (χ1v) is 9.76. The first-order chi connectivity index (χ1) is 12.4. The van der Waals surface area contributed by atoms with Gasteiger partial charge in [0.1, 0.15) is 0 Å². The van der Waals surface area contributed by atoms with Gasteiger partial charge in [-0.1, -0.05) is 12.1 Å². The van der Waals surface area contributed by atoms with Gasteiger partial charge < -0.3 is 10.2 Å². The predicted molar refractivity (Wildman–Crippen MR) is 85.0 cm³/mol. The first kappa shape index (κ1) is 20.0. The molecule has 1 amide bonds. The monoisotopic (exact) mass is 412 g/mol. The number of nitrogens with one attached hydrogen (secondary N) is 1. The molecule has 0 aromatic heterocycles. The molecule has 27 heavy (non-hydrogen) atoms. The van der Waals surface area contributed by atoms with Crippen LogP contribution in [0.1, 0.15) is 18.4 Å². The summed E-state index contributed by atoms with van der Waals surface area (Å²) in [6.45, 7) is -1.11. The van der Waals surface area contributed by atoms with Crippen LogP contribution in [0.4, 0.5) is 22.0 Å². The summed E-state index contributed by atoms with van der Waals surface area (Å²) < 4.78 is 91.4. The maximum Gasteiger partial charge on any atom is 0.417 e. The van der Waals surface area contributed by atoms with E-state index in [0.717, 1.165) is 17.0 Å². The van der Waals surface area contributed by atoms with Crippen molar-refractivity contribution >= 4 is 15.7 Å². The van der Waals surface area contributed by atoms with Crippen molar-refractivity contribution in [2.24, 2.45) is 0 Å². The van der Waals surface area contributed by atoms with Crippen LogP contribution >= 0.6 is 0 Å². The summed E-state index contributed by atoms with van der Waals surface area (Å²) in [4.78, 5) is 12.4. The molecule has 1 aromatic carbocycles. The van der Waals surface area contributed by atoms with Gasteiger partial charge in [-0.05, 0) is 18.6 Å². The molecule has 2 fully saturated rings. The molecule has 0 aliphatic carbocycles. The summed E-state index contributed by atoms with van der Waals surface area (Å²) in [5, 5.41) is 1.40. The molecule has 11 heteroatoms. The molecule has 0 unspecified atom stereocenters. The van der Waals surface area contributed by atoms with E-state index in [-0.39, 0.29) is 19.5 Å². The van der Waals surface area contributed by atoms with Gasteiger partial charge in [0.15, 0.2) is 9.84 Å². The minimum atomic E-state index is -4.84. The van der Waals surface area contributed by atoms with Crippen LogP contribution in [0.3, 0.4) is 0 Å². The molecule has 2 heterocycles. The maximum absolute atomic E-state index is 13.3. The highest BCUT2D eigenvalue weighted by Gasteiger charge is 2.46. The molecule has 2 aliphatic heterocycles. The zero-order valence-corrected chi connectivity index (χ0v) is 14.8. The van der Waals surface area contributed by atoms with Crippen molar-refractivity contribution in [3.8, 4) is 0 Å². The van der Waals surface area contributed by atoms with Crippen molar-refractivity contribution in [1.82, 2.24) is 10.2 Å². The molecule has 3 rings (SSSR count). The van der Waals surface area contributed by atoms with Crippen LogP contribution in [0.25, 0.3) is 0 Å². The van der Waals surface area contributed by atoms with Crippen molar-refractivity contribution < 1.29 is 35.2 Å². The average Bonchev–Trinajstić information content (AvgIpc) is 3.20. The van der Waals surface area contributed by atoms with Crippen LogP contribution in [0.5, 0.6) is 0 Å². The molecule has 1 N–H and O–H groups in total. The molecule has 0 bridgehead atoms. The number of amides is 1. The highest BCUT2D eigenvalue weighted by atomic mass is 32.2. The normalized spacial score (nSPS) is 25.7. The molecule has 0 spiro atoms. The van der Waals surface area contributed by atoms with Crippen molar-refractivity contribution in [2.75, 3.05) is 19.6 Å². The molecule has 150 valence electrons. The number of rotatable bonds is 3. The minimum absolute atomic E-state index is 0.141. The van der Waals surface area contributed by atoms with Gasteiger partial charge in [0, 0.05) is 19.5 Å². The van der Waals surface area contributed by atoms with Gasteiger partial charge in [0.2, 0.25) is 5.91 Å². The maximum atomic E-state index is 13.3. The van der Waals surface area contributed by atoms with Gasteiger partial charge >= 0.3 is 6.18 Å². The second-order valence-electron chi connectivity index (χ2n) is 6.72. The third-order valence-electron chi connectivity index (χ3n) is 4.81. The minimum Gasteiger partial charge on any atom is -0.335 e. The Bertz CT molecular complexity index is 841. The predicted octanol–water partition coefficient (Wildman–Crippen LogP) is 2.08. The summed E-state index contributed by atoms with van der Waals surface area (Å²) in [6.07, 6.45) is -5.58. The van der Waals surface area contributed by atoms with Crippen LogP contribution in [-0.4, -0.2) is 56.1 Å². The number of nitrogens with zero attached hydrogens (tertiary/aromatic N) is 1. The van der Waals surface area contributed by atoms with Gasteiger partial charge in [-0.3, -0.25) is 4.79 Å². The molecule has 5 nitrogen and oxygen atoms in total. The zero-order chi connectivity index (χ0) is 20.0. The lowest BCUT2D eigenvalue weighted by atomic mass is 10.2. The van der Waals surface area contributed by atoms with Crippen LogP contribution in [0.15, 0.2) is 29.2 Å². The second kappa shape index (κ2) is 6.69. The van der Waals surface area contributed by atoms with Crippen molar-refractivity contribution in [2.45, 2.75) is 41.1 Å². The van der Waals surface area contributed by atoms with E-state index in [4.69, 9.17) is 0 Å². The number of hydrogen-bond donors (Lipinski definition) is 1. The summed E-state index contributed by atoms with van der Waals surface area (Å²) >= 11 is 0. The Morgan fingerprint density at radius 2 is 1.89 bits per heavy atom. The molecule has 0 radical (unpaired) electrons. The number of benzene rings is 1. The number of likely N-dealkylation sites (tertiary alicyclic amines) is 1. The standard InChI is InChI=1S/C16H17F5N2O3S/c17-15(18)5-6-23(9-15)14(24)12-7-10(8-22-12)27(25,26)13-4-2-1-3-11(13)16(19,20)21/h1-4,10,12,22H,5-9H2/t10-,12-/m0/s1. The Kier molecular flexibility index (Phi) is 4.96.